The third-order valence-electron chi connectivity index (χ3n) is 3.59. The summed E-state index contributed by atoms with van der Waals surface area (Å²) in [5, 5.41) is 7.96. The van der Waals surface area contributed by atoms with Gasteiger partial charge in [-0.05, 0) is 24.1 Å². The van der Waals surface area contributed by atoms with Gasteiger partial charge in [0.1, 0.15) is 5.01 Å². The molecule has 1 aromatic heterocycles. The Bertz CT molecular complexity index is 912. The molecule has 0 radical (unpaired) electrons. The molecule has 0 unspecified atom stereocenters. The van der Waals surface area contributed by atoms with Crippen LogP contribution in [0.25, 0.3) is 21.8 Å². The molecule has 6 heteroatoms. The van der Waals surface area contributed by atoms with Crippen LogP contribution < -0.4 is 5.14 Å². The fourth-order valence-electron chi connectivity index (χ4n) is 2.24. The smallest absolute Gasteiger partial charge is 0.236 e. The molecule has 0 bridgehead atoms. The molecule has 0 amide bonds. The number of primary sulfonamides is 1. The SMILES string of the molecule is CCc1ccc(-c2csc(-c3ccc(S(N)(=O)=O)cc3)n2)cc1. The van der Waals surface area contributed by atoms with E-state index in [1.807, 2.05) is 5.38 Å². The summed E-state index contributed by atoms with van der Waals surface area (Å²) in [5.41, 5.74) is 4.16. The van der Waals surface area contributed by atoms with E-state index < -0.39 is 10.0 Å². The maximum atomic E-state index is 11.3. The maximum absolute atomic E-state index is 11.3. The lowest BCUT2D eigenvalue weighted by atomic mass is 10.1. The zero-order chi connectivity index (χ0) is 16.4. The molecule has 0 spiro atoms. The number of aromatic nitrogens is 1. The number of hydrogen-bond acceptors (Lipinski definition) is 4. The lowest BCUT2D eigenvalue weighted by Crippen LogP contribution is -2.11. The van der Waals surface area contributed by atoms with Gasteiger partial charge in [0.25, 0.3) is 0 Å². The van der Waals surface area contributed by atoms with Crippen LogP contribution in [0.15, 0.2) is 58.8 Å². The summed E-state index contributed by atoms with van der Waals surface area (Å²) in [4.78, 5) is 4.74. The normalized spacial score (nSPS) is 11.6. The van der Waals surface area contributed by atoms with Crippen LogP contribution in [0.1, 0.15) is 12.5 Å². The Morgan fingerprint density at radius 3 is 2.17 bits per heavy atom. The van der Waals surface area contributed by atoms with Gasteiger partial charge in [0.2, 0.25) is 10.0 Å². The zero-order valence-electron chi connectivity index (χ0n) is 12.6. The number of nitrogens with zero attached hydrogens (tertiary/aromatic N) is 1. The standard InChI is InChI=1S/C17H16N2O2S2/c1-2-12-3-5-13(6-4-12)16-11-22-17(19-16)14-7-9-15(10-8-14)23(18,20)21/h3-11H,2H2,1H3,(H2,18,20,21). The molecule has 3 rings (SSSR count). The highest BCUT2D eigenvalue weighted by Crippen LogP contribution is 2.29. The Kier molecular flexibility index (Phi) is 4.30. The first-order chi connectivity index (χ1) is 11.0. The van der Waals surface area contributed by atoms with Crippen molar-refractivity contribution >= 4 is 21.4 Å². The quantitative estimate of drug-likeness (QED) is 0.784. The van der Waals surface area contributed by atoms with Gasteiger partial charge in [-0.15, -0.1) is 11.3 Å². The topological polar surface area (TPSA) is 73.1 Å². The van der Waals surface area contributed by atoms with E-state index in [1.165, 1.54) is 29.0 Å². The Morgan fingerprint density at radius 2 is 1.61 bits per heavy atom. The van der Waals surface area contributed by atoms with Crippen molar-refractivity contribution in [2.45, 2.75) is 18.2 Å². The number of rotatable bonds is 4. The molecule has 0 atom stereocenters. The number of thiazole rings is 1. The van der Waals surface area contributed by atoms with Gasteiger partial charge in [-0.2, -0.15) is 0 Å². The van der Waals surface area contributed by atoms with E-state index in [1.54, 1.807) is 12.1 Å². The summed E-state index contributed by atoms with van der Waals surface area (Å²) >= 11 is 1.53. The number of aryl methyl sites for hydroxylation is 1. The second-order valence-corrected chi connectivity index (χ2v) is 7.58. The van der Waals surface area contributed by atoms with Crippen LogP contribution in [-0.2, 0) is 16.4 Å². The Morgan fingerprint density at radius 1 is 1.00 bits per heavy atom. The number of sulfonamides is 1. The maximum Gasteiger partial charge on any atom is 0.238 e. The molecule has 0 aliphatic carbocycles. The molecule has 118 valence electrons. The number of hydrogen-bond donors (Lipinski definition) is 1. The van der Waals surface area contributed by atoms with E-state index in [4.69, 9.17) is 5.14 Å². The highest BCUT2D eigenvalue weighted by Gasteiger charge is 2.10. The predicted octanol–water partition coefficient (Wildman–Crippen LogP) is 3.69. The van der Waals surface area contributed by atoms with Gasteiger partial charge >= 0.3 is 0 Å². The van der Waals surface area contributed by atoms with Gasteiger partial charge in [-0.1, -0.05) is 43.3 Å². The molecule has 0 saturated heterocycles. The van der Waals surface area contributed by atoms with E-state index in [9.17, 15) is 8.42 Å². The summed E-state index contributed by atoms with van der Waals surface area (Å²) in [6, 6.07) is 14.8. The van der Waals surface area contributed by atoms with Crippen LogP contribution in [0.4, 0.5) is 0 Å². The second kappa shape index (κ2) is 6.23. The van der Waals surface area contributed by atoms with Crippen LogP contribution >= 0.6 is 11.3 Å². The first-order valence-corrected chi connectivity index (χ1v) is 9.58. The zero-order valence-corrected chi connectivity index (χ0v) is 14.2. The van der Waals surface area contributed by atoms with Crippen LogP contribution in [0, 0.1) is 0 Å². The van der Waals surface area contributed by atoms with Crippen molar-refractivity contribution in [3.63, 3.8) is 0 Å². The third kappa shape index (κ3) is 3.50. The largest absolute Gasteiger partial charge is 0.238 e. The summed E-state index contributed by atoms with van der Waals surface area (Å²) in [7, 11) is -3.66. The van der Waals surface area contributed by atoms with Crippen LogP contribution in [-0.4, -0.2) is 13.4 Å². The molecule has 3 aromatic rings. The van der Waals surface area contributed by atoms with Gasteiger partial charge < -0.3 is 0 Å². The Hall–Kier alpha value is -2.02. The van der Waals surface area contributed by atoms with Crippen molar-refractivity contribution in [2.24, 2.45) is 5.14 Å². The summed E-state index contributed by atoms with van der Waals surface area (Å²) in [6.07, 6.45) is 1.01. The van der Waals surface area contributed by atoms with Crippen molar-refractivity contribution in [1.82, 2.24) is 4.98 Å². The minimum absolute atomic E-state index is 0.105. The van der Waals surface area contributed by atoms with E-state index in [2.05, 4.69) is 36.2 Å². The molecule has 23 heavy (non-hydrogen) atoms. The van der Waals surface area contributed by atoms with Crippen LogP contribution in [0.3, 0.4) is 0 Å². The van der Waals surface area contributed by atoms with Crippen molar-refractivity contribution in [3.8, 4) is 21.8 Å². The highest BCUT2D eigenvalue weighted by molar-refractivity contribution is 7.89. The van der Waals surface area contributed by atoms with E-state index in [0.29, 0.717) is 0 Å². The molecule has 0 fully saturated rings. The molecule has 0 aliphatic heterocycles. The monoisotopic (exact) mass is 344 g/mol. The van der Waals surface area contributed by atoms with Gasteiger partial charge in [-0.3, -0.25) is 0 Å². The van der Waals surface area contributed by atoms with E-state index in [-0.39, 0.29) is 4.90 Å². The number of nitrogens with two attached hydrogens (primary N) is 1. The van der Waals surface area contributed by atoms with Gasteiger partial charge in [0.05, 0.1) is 10.6 Å². The fraction of sp³-hybridized carbons (Fsp3) is 0.118. The first kappa shape index (κ1) is 15.9. The minimum Gasteiger partial charge on any atom is -0.236 e. The van der Waals surface area contributed by atoms with Crippen LogP contribution in [0.2, 0.25) is 0 Å². The highest BCUT2D eigenvalue weighted by atomic mass is 32.2. The molecule has 2 aromatic carbocycles. The lowest BCUT2D eigenvalue weighted by molar-refractivity contribution is 0.598. The van der Waals surface area contributed by atoms with Crippen molar-refractivity contribution in [1.29, 1.82) is 0 Å². The first-order valence-electron chi connectivity index (χ1n) is 7.15. The number of benzene rings is 2. The second-order valence-electron chi connectivity index (χ2n) is 5.16. The summed E-state index contributed by atoms with van der Waals surface area (Å²) in [5.74, 6) is 0. The fourth-order valence-corrected chi connectivity index (χ4v) is 3.59. The average molecular weight is 344 g/mol. The van der Waals surface area contributed by atoms with Gasteiger partial charge in [-0.25, -0.2) is 18.5 Å². The van der Waals surface area contributed by atoms with Gasteiger partial charge in [0, 0.05) is 16.5 Å². The molecular formula is C17H16N2O2S2. The third-order valence-corrected chi connectivity index (χ3v) is 5.41. The minimum atomic E-state index is -3.66. The molecule has 0 aliphatic rings. The van der Waals surface area contributed by atoms with Gasteiger partial charge in [0.15, 0.2) is 0 Å². The van der Waals surface area contributed by atoms with E-state index in [0.717, 1.165) is 28.2 Å². The lowest BCUT2D eigenvalue weighted by Gasteiger charge is -2.01. The molecular weight excluding hydrogens is 328 g/mol. The molecule has 1 heterocycles. The molecule has 0 saturated carbocycles. The molecule has 4 nitrogen and oxygen atoms in total. The van der Waals surface area contributed by atoms with Crippen molar-refractivity contribution in [2.75, 3.05) is 0 Å². The van der Waals surface area contributed by atoms with Crippen molar-refractivity contribution in [3.05, 3.63) is 59.5 Å². The summed E-state index contributed by atoms with van der Waals surface area (Å²) in [6.45, 7) is 2.13. The summed E-state index contributed by atoms with van der Waals surface area (Å²) < 4.78 is 22.6. The molecule has 2 N–H and O–H groups in total. The van der Waals surface area contributed by atoms with E-state index >= 15 is 0 Å². The predicted molar refractivity (Wildman–Crippen MR) is 93.7 cm³/mol. The average Bonchev–Trinajstić information content (AvgIpc) is 3.04. The Balaban J connectivity index is 1.89. The Labute approximate surface area is 139 Å². The van der Waals surface area contributed by atoms with Crippen molar-refractivity contribution < 1.29 is 8.42 Å². The van der Waals surface area contributed by atoms with Crippen LogP contribution in [0.5, 0.6) is 0 Å².